The molecule has 0 atom stereocenters. The number of nitrogens with zero attached hydrogens (tertiary/aromatic N) is 1. The molecule has 0 spiro atoms. The minimum absolute atomic E-state index is 0.0599. The van der Waals surface area contributed by atoms with Crippen molar-refractivity contribution in [1.82, 2.24) is 5.32 Å². The van der Waals surface area contributed by atoms with Gasteiger partial charge in [-0.2, -0.15) is 0 Å². The third kappa shape index (κ3) is 3.79. The summed E-state index contributed by atoms with van der Waals surface area (Å²) in [6, 6.07) is 14.8. The maximum Gasteiger partial charge on any atom is 0.275 e. The van der Waals surface area contributed by atoms with Crippen molar-refractivity contribution < 1.29 is 4.92 Å². The van der Waals surface area contributed by atoms with E-state index in [2.05, 4.69) is 17.4 Å². The molecule has 0 aliphatic carbocycles. The monoisotopic (exact) mass is 290 g/mol. The first-order valence-electron chi connectivity index (χ1n) is 6.35. The Labute approximate surface area is 122 Å². The number of halogens is 1. The van der Waals surface area contributed by atoms with Crippen LogP contribution in [-0.4, -0.2) is 11.5 Å². The van der Waals surface area contributed by atoms with Gasteiger partial charge in [0.05, 0.1) is 15.5 Å². The fourth-order valence-corrected chi connectivity index (χ4v) is 2.22. The zero-order chi connectivity index (χ0) is 14.4. The van der Waals surface area contributed by atoms with Gasteiger partial charge in [-0.05, 0) is 24.6 Å². The lowest BCUT2D eigenvalue weighted by molar-refractivity contribution is -0.385. The van der Waals surface area contributed by atoms with Crippen molar-refractivity contribution in [3.63, 3.8) is 0 Å². The Bertz CT molecular complexity index is 588. The molecule has 0 aliphatic rings. The van der Waals surface area contributed by atoms with Crippen LogP contribution in [0.5, 0.6) is 0 Å². The van der Waals surface area contributed by atoms with E-state index in [0.717, 1.165) is 13.0 Å². The Balaban J connectivity index is 1.93. The number of nitro groups is 1. The van der Waals surface area contributed by atoms with E-state index >= 15 is 0 Å². The molecular formula is C15H15ClN2O2. The van der Waals surface area contributed by atoms with Gasteiger partial charge in [-0.3, -0.25) is 10.1 Å². The second-order valence-corrected chi connectivity index (χ2v) is 4.81. The second kappa shape index (κ2) is 7.03. The average Bonchev–Trinajstić information content (AvgIpc) is 2.45. The lowest BCUT2D eigenvalue weighted by Gasteiger charge is -2.07. The van der Waals surface area contributed by atoms with Crippen molar-refractivity contribution in [3.05, 3.63) is 74.8 Å². The van der Waals surface area contributed by atoms with Crippen LogP contribution >= 0.6 is 11.6 Å². The molecule has 20 heavy (non-hydrogen) atoms. The van der Waals surface area contributed by atoms with Gasteiger partial charge in [0, 0.05) is 12.6 Å². The van der Waals surface area contributed by atoms with Crippen LogP contribution < -0.4 is 5.32 Å². The maximum absolute atomic E-state index is 10.9. The Morgan fingerprint density at radius 1 is 1.10 bits per heavy atom. The Kier molecular flexibility index (Phi) is 5.09. The van der Waals surface area contributed by atoms with Gasteiger partial charge in [0.2, 0.25) is 0 Å². The molecule has 104 valence electrons. The predicted molar refractivity (Wildman–Crippen MR) is 80.0 cm³/mol. The molecule has 0 saturated carbocycles. The summed E-state index contributed by atoms with van der Waals surface area (Å²) >= 11 is 6.02. The quantitative estimate of drug-likeness (QED) is 0.502. The van der Waals surface area contributed by atoms with Crippen molar-refractivity contribution in [2.45, 2.75) is 13.0 Å². The van der Waals surface area contributed by atoms with Crippen LogP contribution in [0.25, 0.3) is 0 Å². The van der Waals surface area contributed by atoms with Crippen LogP contribution in [-0.2, 0) is 13.0 Å². The fraction of sp³-hybridized carbons (Fsp3) is 0.200. The zero-order valence-corrected chi connectivity index (χ0v) is 11.6. The minimum atomic E-state index is -0.403. The van der Waals surface area contributed by atoms with Gasteiger partial charge < -0.3 is 5.32 Å². The number of rotatable bonds is 6. The summed E-state index contributed by atoms with van der Waals surface area (Å²) in [6.45, 7) is 1.13. The molecule has 0 bridgehead atoms. The number of hydrogen-bond donors (Lipinski definition) is 1. The standard InChI is InChI=1S/C15H15ClN2O2/c16-14-7-4-8-15(18(19)20)13(14)11-17-10-9-12-5-2-1-3-6-12/h1-8,17H,9-11H2. The van der Waals surface area contributed by atoms with Crippen LogP contribution in [0.15, 0.2) is 48.5 Å². The molecule has 1 N–H and O–H groups in total. The van der Waals surface area contributed by atoms with E-state index in [1.165, 1.54) is 11.6 Å². The highest BCUT2D eigenvalue weighted by atomic mass is 35.5. The molecule has 0 amide bonds. The van der Waals surface area contributed by atoms with Gasteiger partial charge in [-0.25, -0.2) is 0 Å². The summed E-state index contributed by atoms with van der Waals surface area (Å²) in [5.41, 5.74) is 1.82. The normalized spacial score (nSPS) is 10.4. The van der Waals surface area contributed by atoms with E-state index < -0.39 is 4.92 Å². The van der Waals surface area contributed by atoms with Crippen molar-refractivity contribution >= 4 is 17.3 Å². The summed E-state index contributed by atoms with van der Waals surface area (Å²) in [5, 5.41) is 14.6. The Hall–Kier alpha value is -1.91. The third-order valence-electron chi connectivity index (χ3n) is 3.03. The first-order chi connectivity index (χ1) is 9.68. The van der Waals surface area contributed by atoms with E-state index in [9.17, 15) is 10.1 Å². The summed E-state index contributed by atoms with van der Waals surface area (Å²) < 4.78 is 0. The summed E-state index contributed by atoms with van der Waals surface area (Å²) in [6.07, 6.45) is 0.874. The van der Waals surface area contributed by atoms with Gasteiger partial charge in [0.1, 0.15) is 0 Å². The van der Waals surface area contributed by atoms with Gasteiger partial charge >= 0.3 is 0 Å². The van der Waals surface area contributed by atoms with E-state index in [4.69, 9.17) is 11.6 Å². The second-order valence-electron chi connectivity index (χ2n) is 4.41. The molecule has 0 saturated heterocycles. The van der Waals surface area contributed by atoms with Gasteiger partial charge in [0.15, 0.2) is 0 Å². The SMILES string of the molecule is O=[N+]([O-])c1cccc(Cl)c1CNCCc1ccccc1. The van der Waals surface area contributed by atoms with Crippen molar-refractivity contribution in [1.29, 1.82) is 0 Å². The molecule has 5 heteroatoms. The molecule has 0 radical (unpaired) electrons. The Morgan fingerprint density at radius 2 is 1.85 bits per heavy atom. The van der Waals surface area contributed by atoms with E-state index in [-0.39, 0.29) is 5.69 Å². The van der Waals surface area contributed by atoms with E-state index in [1.807, 2.05) is 18.2 Å². The molecule has 2 aromatic carbocycles. The summed E-state index contributed by atoms with van der Waals surface area (Å²) in [5.74, 6) is 0. The van der Waals surface area contributed by atoms with Crippen LogP contribution in [0.3, 0.4) is 0 Å². The highest BCUT2D eigenvalue weighted by Crippen LogP contribution is 2.25. The molecule has 0 unspecified atom stereocenters. The number of hydrogen-bond acceptors (Lipinski definition) is 3. The summed E-state index contributed by atoms with van der Waals surface area (Å²) in [4.78, 5) is 10.5. The number of nitrogens with one attached hydrogen (secondary N) is 1. The van der Waals surface area contributed by atoms with Crippen molar-refractivity contribution in [2.75, 3.05) is 6.54 Å². The maximum atomic E-state index is 10.9. The smallest absolute Gasteiger partial charge is 0.275 e. The zero-order valence-electron chi connectivity index (χ0n) is 10.9. The van der Waals surface area contributed by atoms with Crippen LogP contribution in [0.4, 0.5) is 5.69 Å². The highest BCUT2D eigenvalue weighted by Gasteiger charge is 2.15. The largest absolute Gasteiger partial charge is 0.312 e. The molecule has 2 aromatic rings. The molecule has 4 nitrogen and oxygen atoms in total. The van der Waals surface area contributed by atoms with Crippen LogP contribution in [0.2, 0.25) is 5.02 Å². The number of nitro benzene ring substituents is 1. The van der Waals surface area contributed by atoms with Crippen LogP contribution in [0, 0.1) is 10.1 Å². The van der Waals surface area contributed by atoms with Crippen molar-refractivity contribution in [3.8, 4) is 0 Å². The molecule has 0 heterocycles. The minimum Gasteiger partial charge on any atom is -0.312 e. The predicted octanol–water partition coefficient (Wildman–Crippen LogP) is 3.58. The lowest BCUT2D eigenvalue weighted by Crippen LogP contribution is -2.17. The lowest BCUT2D eigenvalue weighted by atomic mass is 10.1. The molecule has 0 aliphatic heterocycles. The van der Waals surface area contributed by atoms with Gasteiger partial charge in [-0.1, -0.05) is 48.0 Å². The first-order valence-corrected chi connectivity index (χ1v) is 6.72. The van der Waals surface area contributed by atoms with Gasteiger partial charge in [0.25, 0.3) is 5.69 Å². The summed E-state index contributed by atoms with van der Waals surface area (Å²) in [7, 11) is 0. The molecule has 0 aromatic heterocycles. The average molecular weight is 291 g/mol. The molecule has 0 fully saturated rings. The van der Waals surface area contributed by atoms with E-state index in [1.54, 1.807) is 12.1 Å². The fourth-order valence-electron chi connectivity index (χ4n) is 1.98. The molecular weight excluding hydrogens is 276 g/mol. The van der Waals surface area contributed by atoms with E-state index in [0.29, 0.717) is 17.1 Å². The number of benzene rings is 2. The first kappa shape index (κ1) is 14.5. The topological polar surface area (TPSA) is 55.2 Å². The molecule has 2 rings (SSSR count). The highest BCUT2D eigenvalue weighted by molar-refractivity contribution is 6.31. The van der Waals surface area contributed by atoms with Crippen molar-refractivity contribution in [2.24, 2.45) is 0 Å². The Morgan fingerprint density at radius 3 is 2.55 bits per heavy atom. The third-order valence-corrected chi connectivity index (χ3v) is 3.38. The van der Waals surface area contributed by atoms with Crippen LogP contribution in [0.1, 0.15) is 11.1 Å². The van der Waals surface area contributed by atoms with Gasteiger partial charge in [-0.15, -0.1) is 0 Å².